The van der Waals surface area contributed by atoms with Gasteiger partial charge in [0.25, 0.3) is 0 Å². The largest absolute Gasteiger partial charge is 0.325 e. The number of thioether (sulfide) groups is 1. The van der Waals surface area contributed by atoms with E-state index in [0.29, 0.717) is 11.7 Å². The average Bonchev–Trinajstić information content (AvgIpc) is 2.62. The van der Waals surface area contributed by atoms with Gasteiger partial charge in [0, 0.05) is 11.4 Å². The SMILES string of the molecule is CC[C@H](C)c1ccccc1NC(=O)CSC/C=C/c1ccccc1. The molecule has 0 radical (unpaired) electrons. The van der Waals surface area contributed by atoms with Crippen LogP contribution in [0.5, 0.6) is 0 Å². The van der Waals surface area contributed by atoms with Crippen LogP contribution in [0.1, 0.15) is 37.3 Å². The van der Waals surface area contributed by atoms with Crippen LogP contribution in [0.25, 0.3) is 6.08 Å². The number of nitrogens with one attached hydrogen (secondary N) is 1. The van der Waals surface area contributed by atoms with E-state index >= 15 is 0 Å². The summed E-state index contributed by atoms with van der Waals surface area (Å²) in [5.41, 5.74) is 3.34. The van der Waals surface area contributed by atoms with Crippen molar-refractivity contribution in [2.45, 2.75) is 26.2 Å². The van der Waals surface area contributed by atoms with E-state index in [0.717, 1.165) is 17.9 Å². The summed E-state index contributed by atoms with van der Waals surface area (Å²) in [4.78, 5) is 12.2. The monoisotopic (exact) mass is 339 g/mol. The molecular weight excluding hydrogens is 314 g/mol. The van der Waals surface area contributed by atoms with E-state index in [1.54, 1.807) is 11.8 Å². The second-order valence-electron chi connectivity index (χ2n) is 5.77. The number of amides is 1. The smallest absolute Gasteiger partial charge is 0.234 e. The molecule has 3 heteroatoms. The Balaban J connectivity index is 1.79. The Morgan fingerprint density at radius 2 is 1.83 bits per heavy atom. The summed E-state index contributed by atoms with van der Waals surface area (Å²) in [7, 11) is 0. The summed E-state index contributed by atoms with van der Waals surface area (Å²) in [5, 5.41) is 3.05. The molecule has 24 heavy (non-hydrogen) atoms. The third-order valence-corrected chi connectivity index (χ3v) is 4.83. The van der Waals surface area contributed by atoms with Crippen molar-refractivity contribution in [3.05, 3.63) is 71.8 Å². The number of rotatable bonds is 8. The number of hydrogen-bond acceptors (Lipinski definition) is 2. The van der Waals surface area contributed by atoms with Gasteiger partial charge in [-0.15, -0.1) is 11.8 Å². The highest BCUT2D eigenvalue weighted by Crippen LogP contribution is 2.26. The topological polar surface area (TPSA) is 29.1 Å². The van der Waals surface area contributed by atoms with Gasteiger partial charge in [0.2, 0.25) is 5.91 Å². The van der Waals surface area contributed by atoms with Crippen molar-refractivity contribution >= 4 is 29.4 Å². The van der Waals surface area contributed by atoms with Crippen LogP contribution < -0.4 is 5.32 Å². The van der Waals surface area contributed by atoms with E-state index in [9.17, 15) is 4.79 Å². The first-order chi connectivity index (χ1) is 11.7. The van der Waals surface area contributed by atoms with Gasteiger partial charge in [-0.3, -0.25) is 4.79 Å². The average molecular weight is 340 g/mol. The normalized spacial score (nSPS) is 12.2. The van der Waals surface area contributed by atoms with Crippen molar-refractivity contribution in [1.29, 1.82) is 0 Å². The lowest BCUT2D eigenvalue weighted by molar-refractivity contribution is -0.113. The van der Waals surface area contributed by atoms with Crippen LogP contribution in [0, 0.1) is 0 Å². The summed E-state index contributed by atoms with van der Waals surface area (Å²) in [6.45, 7) is 4.35. The molecule has 0 saturated carbocycles. The Morgan fingerprint density at radius 3 is 2.58 bits per heavy atom. The number of anilines is 1. The minimum Gasteiger partial charge on any atom is -0.325 e. The number of carbonyl (C=O) groups is 1. The fourth-order valence-corrected chi connectivity index (χ4v) is 3.02. The molecular formula is C21H25NOS. The van der Waals surface area contributed by atoms with E-state index in [4.69, 9.17) is 0 Å². The van der Waals surface area contributed by atoms with E-state index in [2.05, 4.69) is 49.5 Å². The zero-order chi connectivity index (χ0) is 17.2. The standard InChI is InChI=1S/C21H25NOS/c1-3-17(2)19-13-7-8-14-20(19)22-21(23)16-24-15-9-12-18-10-5-4-6-11-18/h4-14,17H,3,15-16H2,1-2H3,(H,22,23)/b12-9+/t17-/m0/s1. The second kappa shape index (κ2) is 9.99. The molecule has 0 unspecified atom stereocenters. The molecule has 0 aliphatic heterocycles. The summed E-state index contributed by atoms with van der Waals surface area (Å²) in [6, 6.07) is 18.3. The summed E-state index contributed by atoms with van der Waals surface area (Å²) in [6.07, 6.45) is 5.25. The van der Waals surface area contributed by atoms with Gasteiger partial charge in [0.1, 0.15) is 0 Å². The predicted molar refractivity (Wildman–Crippen MR) is 107 cm³/mol. The first-order valence-electron chi connectivity index (χ1n) is 8.38. The van der Waals surface area contributed by atoms with Gasteiger partial charge in [0.15, 0.2) is 0 Å². The molecule has 126 valence electrons. The van der Waals surface area contributed by atoms with Gasteiger partial charge in [-0.25, -0.2) is 0 Å². The van der Waals surface area contributed by atoms with Crippen molar-refractivity contribution in [3.63, 3.8) is 0 Å². The van der Waals surface area contributed by atoms with Crippen molar-refractivity contribution in [2.24, 2.45) is 0 Å². The van der Waals surface area contributed by atoms with Crippen molar-refractivity contribution in [3.8, 4) is 0 Å². The van der Waals surface area contributed by atoms with Crippen molar-refractivity contribution in [2.75, 3.05) is 16.8 Å². The number of carbonyl (C=O) groups excluding carboxylic acids is 1. The number of para-hydroxylation sites is 1. The maximum Gasteiger partial charge on any atom is 0.234 e. The second-order valence-corrected chi connectivity index (χ2v) is 6.80. The van der Waals surface area contributed by atoms with Crippen LogP contribution in [0.15, 0.2) is 60.7 Å². The Kier molecular flexibility index (Phi) is 7.63. The number of hydrogen-bond donors (Lipinski definition) is 1. The highest BCUT2D eigenvalue weighted by atomic mass is 32.2. The highest BCUT2D eigenvalue weighted by Gasteiger charge is 2.10. The molecule has 2 aromatic carbocycles. The third-order valence-electron chi connectivity index (χ3n) is 3.94. The van der Waals surface area contributed by atoms with Gasteiger partial charge < -0.3 is 5.32 Å². The molecule has 0 aliphatic rings. The third kappa shape index (κ3) is 5.89. The molecule has 1 atom stereocenters. The van der Waals surface area contributed by atoms with E-state index in [1.165, 1.54) is 11.1 Å². The molecule has 0 bridgehead atoms. The van der Waals surface area contributed by atoms with Crippen molar-refractivity contribution in [1.82, 2.24) is 0 Å². The molecule has 2 rings (SSSR count). The Labute approximate surface area is 149 Å². The Morgan fingerprint density at radius 1 is 1.12 bits per heavy atom. The zero-order valence-electron chi connectivity index (χ0n) is 14.4. The molecule has 0 fully saturated rings. The van der Waals surface area contributed by atoms with E-state index in [1.807, 2.05) is 36.4 Å². The number of benzene rings is 2. The van der Waals surface area contributed by atoms with Crippen LogP contribution in [0.3, 0.4) is 0 Å². The van der Waals surface area contributed by atoms with Crippen LogP contribution in [0.2, 0.25) is 0 Å². The summed E-state index contributed by atoms with van der Waals surface area (Å²) < 4.78 is 0. The lowest BCUT2D eigenvalue weighted by atomic mass is 9.97. The van der Waals surface area contributed by atoms with Crippen LogP contribution in [-0.4, -0.2) is 17.4 Å². The van der Waals surface area contributed by atoms with Gasteiger partial charge in [0.05, 0.1) is 5.75 Å². The lowest BCUT2D eigenvalue weighted by Crippen LogP contribution is -2.16. The minimum atomic E-state index is 0.0591. The maximum absolute atomic E-state index is 12.2. The maximum atomic E-state index is 12.2. The van der Waals surface area contributed by atoms with Gasteiger partial charge in [-0.2, -0.15) is 0 Å². The first-order valence-corrected chi connectivity index (χ1v) is 9.54. The molecule has 0 spiro atoms. The van der Waals surface area contributed by atoms with Crippen molar-refractivity contribution < 1.29 is 4.79 Å². The fraction of sp³-hybridized carbons (Fsp3) is 0.286. The zero-order valence-corrected chi connectivity index (χ0v) is 15.2. The van der Waals surface area contributed by atoms with Crippen LogP contribution in [0.4, 0.5) is 5.69 Å². The molecule has 1 amide bonds. The molecule has 0 saturated heterocycles. The van der Waals surface area contributed by atoms with E-state index < -0.39 is 0 Å². The molecule has 0 aromatic heterocycles. The molecule has 0 heterocycles. The van der Waals surface area contributed by atoms with Gasteiger partial charge >= 0.3 is 0 Å². The molecule has 2 aromatic rings. The van der Waals surface area contributed by atoms with Gasteiger partial charge in [-0.1, -0.05) is 74.5 Å². The Bertz CT molecular complexity index is 667. The van der Waals surface area contributed by atoms with E-state index in [-0.39, 0.29) is 5.91 Å². The highest BCUT2D eigenvalue weighted by molar-refractivity contribution is 8.00. The summed E-state index contributed by atoms with van der Waals surface area (Å²) >= 11 is 1.62. The minimum absolute atomic E-state index is 0.0591. The fourth-order valence-electron chi connectivity index (χ4n) is 2.41. The Hall–Kier alpha value is -2.00. The quantitative estimate of drug-likeness (QED) is 0.636. The first kappa shape index (κ1) is 18.3. The van der Waals surface area contributed by atoms with Gasteiger partial charge in [-0.05, 0) is 29.5 Å². The molecule has 0 aliphatic carbocycles. The summed E-state index contributed by atoms with van der Waals surface area (Å²) in [5.74, 6) is 1.80. The predicted octanol–water partition coefficient (Wildman–Crippen LogP) is 5.59. The van der Waals surface area contributed by atoms with Crippen LogP contribution >= 0.6 is 11.8 Å². The van der Waals surface area contributed by atoms with Crippen LogP contribution in [-0.2, 0) is 4.79 Å². The molecule has 2 nitrogen and oxygen atoms in total. The lowest BCUT2D eigenvalue weighted by Gasteiger charge is -2.15. The molecule has 1 N–H and O–H groups in total.